The lowest BCUT2D eigenvalue weighted by atomic mass is 10.0. The number of hydrogen-bond acceptors (Lipinski definition) is 2. The Bertz CT molecular complexity index is 526. The van der Waals surface area contributed by atoms with Gasteiger partial charge in [-0.15, -0.1) is 0 Å². The molecule has 2 aromatic rings. The highest BCUT2D eigenvalue weighted by molar-refractivity contribution is 5.79. The van der Waals surface area contributed by atoms with Gasteiger partial charge in [0.1, 0.15) is 0 Å². The molecule has 1 heterocycles. The van der Waals surface area contributed by atoms with Crippen LogP contribution in [0.3, 0.4) is 0 Å². The molecule has 0 amide bonds. The van der Waals surface area contributed by atoms with E-state index in [1.54, 1.807) is 6.07 Å². The van der Waals surface area contributed by atoms with E-state index in [-0.39, 0.29) is 6.42 Å². The number of benzene rings is 1. The highest BCUT2D eigenvalue weighted by Crippen LogP contribution is 2.16. The van der Waals surface area contributed by atoms with Gasteiger partial charge in [-0.25, -0.2) is 8.78 Å². The smallest absolute Gasteiger partial charge is 0.253 e. The lowest BCUT2D eigenvalue weighted by Crippen LogP contribution is -2.30. The average molecular weight is 236 g/mol. The molecule has 1 aromatic carbocycles. The van der Waals surface area contributed by atoms with E-state index < -0.39 is 12.5 Å². The van der Waals surface area contributed by atoms with E-state index in [1.807, 2.05) is 31.2 Å². The Hall–Kier alpha value is -1.55. The van der Waals surface area contributed by atoms with Crippen LogP contribution >= 0.6 is 0 Å². The second kappa shape index (κ2) is 4.75. The van der Waals surface area contributed by atoms with E-state index in [2.05, 4.69) is 4.98 Å². The van der Waals surface area contributed by atoms with E-state index in [1.165, 1.54) is 0 Å². The second-order valence-corrected chi connectivity index (χ2v) is 4.18. The maximum atomic E-state index is 12.3. The molecule has 0 bridgehead atoms. The summed E-state index contributed by atoms with van der Waals surface area (Å²) in [6.07, 6.45) is -2.30. The first-order valence-electron chi connectivity index (χ1n) is 5.46. The average Bonchev–Trinajstić information content (AvgIpc) is 2.29. The number of halogens is 2. The molecule has 90 valence electrons. The number of alkyl halides is 2. The van der Waals surface area contributed by atoms with Gasteiger partial charge in [-0.05, 0) is 37.1 Å². The molecular formula is C13H14F2N2. The molecule has 2 nitrogen and oxygen atoms in total. The first-order valence-corrected chi connectivity index (χ1v) is 5.46. The minimum Gasteiger partial charge on any atom is -0.323 e. The predicted octanol–water partition coefficient (Wildman–Crippen LogP) is 2.68. The van der Waals surface area contributed by atoms with Crippen LogP contribution in [0.1, 0.15) is 11.3 Å². The first-order chi connectivity index (χ1) is 8.06. The third-order valence-electron chi connectivity index (χ3n) is 2.69. The van der Waals surface area contributed by atoms with Gasteiger partial charge in [0, 0.05) is 11.1 Å². The van der Waals surface area contributed by atoms with Crippen molar-refractivity contribution in [3.05, 3.63) is 41.6 Å². The van der Waals surface area contributed by atoms with Crippen LogP contribution in [0.15, 0.2) is 30.3 Å². The molecule has 1 aromatic heterocycles. The Balaban J connectivity index is 2.29. The molecule has 0 aliphatic heterocycles. The van der Waals surface area contributed by atoms with Crippen LogP contribution in [0, 0.1) is 6.92 Å². The maximum absolute atomic E-state index is 12.3. The molecule has 17 heavy (non-hydrogen) atoms. The molecule has 0 radical (unpaired) electrons. The molecule has 0 saturated heterocycles. The van der Waals surface area contributed by atoms with Gasteiger partial charge in [0.15, 0.2) is 0 Å². The van der Waals surface area contributed by atoms with Crippen LogP contribution in [0.2, 0.25) is 0 Å². The van der Waals surface area contributed by atoms with Gasteiger partial charge >= 0.3 is 0 Å². The van der Waals surface area contributed by atoms with Crippen LogP contribution in [0.25, 0.3) is 10.9 Å². The van der Waals surface area contributed by atoms with Crippen LogP contribution in [-0.4, -0.2) is 17.5 Å². The van der Waals surface area contributed by atoms with Crippen molar-refractivity contribution in [3.8, 4) is 0 Å². The lowest BCUT2D eigenvalue weighted by Gasteiger charge is -2.10. The molecule has 2 N–H and O–H groups in total. The Morgan fingerprint density at radius 2 is 2.00 bits per heavy atom. The Labute approximate surface area is 98.5 Å². The first kappa shape index (κ1) is 11.9. The molecule has 0 aliphatic rings. The summed E-state index contributed by atoms with van der Waals surface area (Å²) >= 11 is 0. The van der Waals surface area contributed by atoms with Crippen molar-refractivity contribution in [2.45, 2.75) is 25.8 Å². The topological polar surface area (TPSA) is 38.9 Å². The van der Waals surface area contributed by atoms with Gasteiger partial charge in [-0.1, -0.05) is 12.1 Å². The zero-order valence-electron chi connectivity index (χ0n) is 9.53. The number of aryl methyl sites for hydroxylation is 1. The standard InChI is InChI=1S/C13H14F2N2/c1-8-2-4-10-6-9(3-5-12(10)17-8)7-11(16)13(14)15/h2-6,11,13H,7,16H2,1H3. The fraction of sp³-hybridized carbons (Fsp3) is 0.308. The van der Waals surface area contributed by atoms with Gasteiger partial charge < -0.3 is 5.73 Å². The number of aromatic nitrogens is 1. The largest absolute Gasteiger partial charge is 0.323 e. The van der Waals surface area contributed by atoms with Crippen molar-refractivity contribution in [2.24, 2.45) is 5.73 Å². The Kier molecular flexibility index (Phi) is 3.33. The van der Waals surface area contributed by atoms with Crippen molar-refractivity contribution in [3.63, 3.8) is 0 Å². The van der Waals surface area contributed by atoms with E-state index in [0.717, 1.165) is 22.2 Å². The monoisotopic (exact) mass is 236 g/mol. The highest BCUT2D eigenvalue weighted by Gasteiger charge is 2.15. The van der Waals surface area contributed by atoms with Crippen LogP contribution < -0.4 is 5.73 Å². The van der Waals surface area contributed by atoms with Crippen LogP contribution in [0.4, 0.5) is 8.78 Å². The summed E-state index contributed by atoms with van der Waals surface area (Å²) in [6, 6.07) is 8.25. The highest BCUT2D eigenvalue weighted by atomic mass is 19.3. The molecular weight excluding hydrogens is 222 g/mol. The molecule has 0 saturated carbocycles. The minimum absolute atomic E-state index is 0.182. The number of hydrogen-bond donors (Lipinski definition) is 1. The second-order valence-electron chi connectivity index (χ2n) is 4.18. The lowest BCUT2D eigenvalue weighted by molar-refractivity contribution is 0.116. The van der Waals surface area contributed by atoms with Gasteiger partial charge in [-0.2, -0.15) is 0 Å². The van der Waals surface area contributed by atoms with E-state index >= 15 is 0 Å². The van der Waals surface area contributed by atoms with Crippen LogP contribution in [0.5, 0.6) is 0 Å². The van der Waals surface area contributed by atoms with E-state index in [0.29, 0.717) is 0 Å². The zero-order chi connectivity index (χ0) is 12.4. The van der Waals surface area contributed by atoms with Crippen molar-refractivity contribution < 1.29 is 8.78 Å². The van der Waals surface area contributed by atoms with Crippen molar-refractivity contribution in [2.75, 3.05) is 0 Å². The van der Waals surface area contributed by atoms with E-state index in [9.17, 15) is 8.78 Å². The van der Waals surface area contributed by atoms with E-state index in [4.69, 9.17) is 5.73 Å². The number of fused-ring (bicyclic) bond motifs is 1. The quantitative estimate of drug-likeness (QED) is 0.889. The normalized spacial score (nSPS) is 13.2. The summed E-state index contributed by atoms with van der Waals surface area (Å²) in [5, 5.41) is 0.953. The summed E-state index contributed by atoms with van der Waals surface area (Å²) in [4.78, 5) is 4.35. The predicted molar refractivity (Wildman–Crippen MR) is 64.2 cm³/mol. The van der Waals surface area contributed by atoms with Gasteiger partial charge in [0.25, 0.3) is 6.43 Å². The summed E-state index contributed by atoms with van der Waals surface area (Å²) in [6.45, 7) is 1.92. The third kappa shape index (κ3) is 2.77. The molecule has 0 fully saturated rings. The Morgan fingerprint density at radius 1 is 1.24 bits per heavy atom. The molecule has 4 heteroatoms. The number of rotatable bonds is 3. The third-order valence-corrected chi connectivity index (χ3v) is 2.69. The Morgan fingerprint density at radius 3 is 2.71 bits per heavy atom. The molecule has 2 rings (SSSR count). The summed E-state index contributed by atoms with van der Waals surface area (Å²) in [5.41, 5.74) is 7.98. The summed E-state index contributed by atoms with van der Waals surface area (Å²) in [5.74, 6) is 0. The fourth-order valence-electron chi connectivity index (χ4n) is 1.77. The molecule has 0 aliphatic carbocycles. The fourth-order valence-corrected chi connectivity index (χ4v) is 1.77. The summed E-state index contributed by atoms with van der Waals surface area (Å²) < 4.78 is 24.7. The number of nitrogens with two attached hydrogens (primary N) is 1. The number of nitrogens with zero attached hydrogens (tertiary/aromatic N) is 1. The van der Waals surface area contributed by atoms with Crippen molar-refractivity contribution in [1.29, 1.82) is 0 Å². The SMILES string of the molecule is Cc1ccc2cc(CC(N)C(F)F)ccc2n1. The van der Waals surface area contributed by atoms with Gasteiger partial charge in [0.05, 0.1) is 11.6 Å². The minimum atomic E-state index is -2.48. The molecule has 0 spiro atoms. The van der Waals surface area contributed by atoms with Crippen molar-refractivity contribution >= 4 is 10.9 Å². The summed E-state index contributed by atoms with van der Waals surface area (Å²) in [7, 11) is 0. The molecule has 1 atom stereocenters. The molecule has 1 unspecified atom stereocenters. The van der Waals surface area contributed by atoms with Crippen molar-refractivity contribution in [1.82, 2.24) is 4.98 Å². The zero-order valence-corrected chi connectivity index (χ0v) is 9.53. The van der Waals surface area contributed by atoms with Gasteiger partial charge in [-0.3, -0.25) is 4.98 Å². The van der Waals surface area contributed by atoms with Gasteiger partial charge in [0.2, 0.25) is 0 Å². The number of pyridine rings is 1. The maximum Gasteiger partial charge on any atom is 0.253 e. The van der Waals surface area contributed by atoms with Crippen LogP contribution in [-0.2, 0) is 6.42 Å².